The summed E-state index contributed by atoms with van der Waals surface area (Å²) in [4.78, 5) is 40.0. The van der Waals surface area contributed by atoms with E-state index in [1.165, 1.54) is 49.5 Å². The molecule has 1 aliphatic rings. The van der Waals surface area contributed by atoms with Gasteiger partial charge in [0.25, 0.3) is 17.4 Å². The van der Waals surface area contributed by atoms with E-state index in [0.29, 0.717) is 30.0 Å². The number of hydrogen-bond acceptors (Lipinski definition) is 8. The van der Waals surface area contributed by atoms with Crippen LogP contribution < -0.4 is 9.47 Å². The number of Topliss-reactive ketones (excluding diaryl/α,β-unsaturated/α-hetero) is 1. The average Bonchev–Trinajstić information content (AvgIpc) is 3.07. The lowest BCUT2D eigenvalue weighted by atomic mass is 9.95. The van der Waals surface area contributed by atoms with Gasteiger partial charge in [-0.15, -0.1) is 0 Å². The van der Waals surface area contributed by atoms with E-state index in [1.807, 2.05) is 19.0 Å². The van der Waals surface area contributed by atoms with Crippen LogP contribution in [0.15, 0.2) is 48.0 Å². The molecule has 2 aromatic rings. The number of carbonyl (C=O) groups excluding carboxylic acids is 2. The maximum absolute atomic E-state index is 13.1. The van der Waals surface area contributed by atoms with Crippen LogP contribution in [0.1, 0.15) is 23.6 Å². The highest BCUT2D eigenvalue weighted by molar-refractivity contribution is 6.46. The zero-order valence-corrected chi connectivity index (χ0v) is 19.5. The van der Waals surface area contributed by atoms with Gasteiger partial charge in [-0.3, -0.25) is 19.7 Å². The van der Waals surface area contributed by atoms with E-state index in [2.05, 4.69) is 0 Å². The lowest BCUT2D eigenvalue weighted by molar-refractivity contribution is -0.384. The summed E-state index contributed by atoms with van der Waals surface area (Å²) in [7, 11) is 6.73. The predicted octanol–water partition coefficient (Wildman–Crippen LogP) is 2.99. The zero-order chi connectivity index (χ0) is 25.0. The molecule has 1 atom stereocenters. The molecule has 34 heavy (non-hydrogen) atoms. The summed E-state index contributed by atoms with van der Waals surface area (Å²) >= 11 is 0. The van der Waals surface area contributed by atoms with E-state index >= 15 is 0 Å². The number of nitrogens with zero attached hydrogens (tertiary/aromatic N) is 3. The zero-order valence-electron chi connectivity index (χ0n) is 19.5. The second-order valence-electron chi connectivity index (χ2n) is 8.07. The number of hydrogen-bond donors (Lipinski definition) is 1. The van der Waals surface area contributed by atoms with Crippen LogP contribution >= 0.6 is 0 Å². The van der Waals surface area contributed by atoms with Crippen LogP contribution in [-0.4, -0.2) is 72.9 Å². The van der Waals surface area contributed by atoms with Crippen molar-refractivity contribution < 1.29 is 29.1 Å². The van der Waals surface area contributed by atoms with Gasteiger partial charge in [-0.2, -0.15) is 0 Å². The summed E-state index contributed by atoms with van der Waals surface area (Å²) in [6.45, 7) is 0.957. The van der Waals surface area contributed by atoms with Crippen molar-refractivity contribution in [3.05, 3.63) is 69.3 Å². The first-order valence-corrected chi connectivity index (χ1v) is 10.6. The molecule has 1 heterocycles. The molecule has 10 nitrogen and oxygen atoms in total. The van der Waals surface area contributed by atoms with Crippen LogP contribution in [0.5, 0.6) is 11.5 Å². The molecule has 1 N–H and O–H groups in total. The lowest BCUT2D eigenvalue weighted by Crippen LogP contribution is -2.32. The first-order chi connectivity index (χ1) is 16.2. The molecule has 1 fully saturated rings. The topological polar surface area (TPSA) is 122 Å². The first-order valence-electron chi connectivity index (χ1n) is 10.6. The molecular formula is C24H27N3O7. The monoisotopic (exact) mass is 469 g/mol. The summed E-state index contributed by atoms with van der Waals surface area (Å²) < 4.78 is 10.5. The summed E-state index contributed by atoms with van der Waals surface area (Å²) in [5, 5.41) is 22.3. The number of benzene rings is 2. The van der Waals surface area contributed by atoms with Crippen LogP contribution in [0.25, 0.3) is 5.76 Å². The van der Waals surface area contributed by atoms with E-state index in [4.69, 9.17) is 9.47 Å². The van der Waals surface area contributed by atoms with Crippen molar-refractivity contribution in [1.29, 1.82) is 0 Å². The fraction of sp³-hybridized carbons (Fsp3) is 0.333. The number of likely N-dealkylation sites (tertiary alicyclic amines) is 1. The summed E-state index contributed by atoms with van der Waals surface area (Å²) in [6.07, 6.45) is 0.597. The van der Waals surface area contributed by atoms with Crippen molar-refractivity contribution in [1.82, 2.24) is 9.80 Å². The van der Waals surface area contributed by atoms with Gasteiger partial charge in [0, 0.05) is 24.2 Å². The molecule has 1 amide bonds. The molecule has 0 aliphatic carbocycles. The van der Waals surface area contributed by atoms with Gasteiger partial charge in [0.05, 0.1) is 30.8 Å². The fourth-order valence-corrected chi connectivity index (χ4v) is 3.93. The Balaban J connectivity index is 2.13. The van der Waals surface area contributed by atoms with E-state index in [0.717, 1.165) is 0 Å². The number of aliphatic hydroxyl groups excluding tert-OH is 1. The SMILES string of the molecule is COc1ccc(/C(O)=C2/C(=O)C(=O)N(CCCN(C)C)C2c2ccc([N+](=O)[O-])cc2)cc1OC. The summed E-state index contributed by atoms with van der Waals surface area (Å²) in [5.41, 5.74) is 0.552. The Morgan fingerprint density at radius 1 is 1.09 bits per heavy atom. The summed E-state index contributed by atoms with van der Waals surface area (Å²) in [6, 6.07) is 9.38. The number of amides is 1. The highest BCUT2D eigenvalue weighted by Crippen LogP contribution is 2.41. The molecule has 10 heteroatoms. The van der Waals surface area contributed by atoms with E-state index in [9.17, 15) is 24.8 Å². The number of ether oxygens (including phenoxy) is 2. The van der Waals surface area contributed by atoms with Crippen LogP contribution in [0.3, 0.4) is 0 Å². The second-order valence-corrected chi connectivity index (χ2v) is 8.07. The third-order valence-electron chi connectivity index (χ3n) is 5.62. The summed E-state index contributed by atoms with van der Waals surface area (Å²) in [5.74, 6) is -1.13. The number of nitro benzene ring substituents is 1. The van der Waals surface area contributed by atoms with Gasteiger partial charge in [-0.25, -0.2) is 0 Å². The molecule has 0 spiro atoms. The minimum atomic E-state index is -0.893. The van der Waals surface area contributed by atoms with Gasteiger partial charge >= 0.3 is 0 Å². The fourth-order valence-electron chi connectivity index (χ4n) is 3.93. The molecular weight excluding hydrogens is 442 g/mol. The number of ketones is 1. The van der Waals surface area contributed by atoms with Crippen molar-refractivity contribution in [2.45, 2.75) is 12.5 Å². The molecule has 180 valence electrons. The van der Waals surface area contributed by atoms with Crippen LogP contribution in [-0.2, 0) is 9.59 Å². The molecule has 1 aliphatic heterocycles. The molecule has 1 saturated heterocycles. The van der Waals surface area contributed by atoms with E-state index in [-0.39, 0.29) is 29.1 Å². The quantitative estimate of drug-likeness (QED) is 0.196. The third-order valence-corrected chi connectivity index (χ3v) is 5.62. The molecule has 0 radical (unpaired) electrons. The Morgan fingerprint density at radius 3 is 2.29 bits per heavy atom. The number of non-ortho nitro benzene ring substituents is 1. The predicted molar refractivity (Wildman–Crippen MR) is 125 cm³/mol. The van der Waals surface area contributed by atoms with E-state index in [1.54, 1.807) is 12.1 Å². The number of rotatable bonds is 9. The van der Waals surface area contributed by atoms with Crippen molar-refractivity contribution in [2.24, 2.45) is 0 Å². The Hall–Kier alpha value is -3.92. The Morgan fingerprint density at radius 2 is 1.74 bits per heavy atom. The number of methoxy groups -OCH3 is 2. The van der Waals surface area contributed by atoms with Crippen LogP contribution in [0.4, 0.5) is 5.69 Å². The van der Waals surface area contributed by atoms with Gasteiger partial charge in [0.15, 0.2) is 11.5 Å². The molecule has 0 saturated carbocycles. The van der Waals surface area contributed by atoms with E-state index < -0.39 is 22.7 Å². The minimum Gasteiger partial charge on any atom is -0.507 e. The van der Waals surface area contributed by atoms with Crippen molar-refractivity contribution in [3.63, 3.8) is 0 Å². The number of nitro groups is 1. The highest BCUT2D eigenvalue weighted by atomic mass is 16.6. The first kappa shape index (κ1) is 24.7. The second kappa shape index (κ2) is 10.3. The Labute approximate surface area is 197 Å². The molecule has 2 aromatic carbocycles. The molecule has 0 aromatic heterocycles. The standard InChI is InChI=1S/C24H27N3O7/c1-25(2)12-5-13-26-21(15-6-9-17(10-7-15)27(31)32)20(23(29)24(26)30)22(28)16-8-11-18(33-3)19(14-16)34-4/h6-11,14,21,28H,5,12-13H2,1-4H3/b22-20-. The van der Waals surface area contributed by atoms with Gasteiger partial charge in [0.1, 0.15) is 5.76 Å². The highest BCUT2D eigenvalue weighted by Gasteiger charge is 2.46. The van der Waals surface area contributed by atoms with Gasteiger partial charge < -0.3 is 24.4 Å². The van der Waals surface area contributed by atoms with Gasteiger partial charge in [0.2, 0.25) is 0 Å². The lowest BCUT2D eigenvalue weighted by Gasteiger charge is -2.26. The van der Waals surface area contributed by atoms with Crippen LogP contribution in [0, 0.1) is 10.1 Å². The van der Waals surface area contributed by atoms with Crippen molar-refractivity contribution >= 4 is 23.1 Å². The smallest absolute Gasteiger partial charge is 0.295 e. The average molecular weight is 469 g/mol. The Bertz CT molecular complexity index is 1130. The number of aliphatic hydroxyl groups is 1. The van der Waals surface area contributed by atoms with Crippen LogP contribution in [0.2, 0.25) is 0 Å². The number of carbonyl (C=O) groups is 2. The molecule has 3 rings (SSSR count). The largest absolute Gasteiger partial charge is 0.507 e. The van der Waals surface area contributed by atoms with Crippen molar-refractivity contribution in [2.75, 3.05) is 41.4 Å². The van der Waals surface area contributed by atoms with Gasteiger partial charge in [-0.1, -0.05) is 0 Å². The maximum atomic E-state index is 13.1. The minimum absolute atomic E-state index is 0.0871. The van der Waals surface area contributed by atoms with Crippen molar-refractivity contribution in [3.8, 4) is 11.5 Å². The Kier molecular flexibility index (Phi) is 7.52. The van der Waals surface area contributed by atoms with Gasteiger partial charge in [-0.05, 0) is 63.0 Å². The molecule has 0 bridgehead atoms. The third kappa shape index (κ3) is 4.86. The molecule has 1 unspecified atom stereocenters. The maximum Gasteiger partial charge on any atom is 0.295 e. The normalized spacial score (nSPS) is 17.3.